The third kappa shape index (κ3) is 5.04. The van der Waals surface area contributed by atoms with Gasteiger partial charge in [0.1, 0.15) is 11.5 Å². The van der Waals surface area contributed by atoms with Crippen LogP contribution in [-0.2, 0) is 4.79 Å². The summed E-state index contributed by atoms with van der Waals surface area (Å²) < 4.78 is 5.50. The molecule has 0 aliphatic carbocycles. The molecular formula is C13H22N2O2. The van der Waals surface area contributed by atoms with Gasteiger partial charge in [-0.3, -0.25) is 4.79 Å². The van der Waals surface area contributed by atoms with Crippen molar-refractivity contribution in [3.8, 4) is 0 Å². The summed E-state index contributed by atoms with van der Waals surface area (Å²) in [4.78, 5) is 11.4. The monoisotopic (exact) mass is 238 g/mol. The molecule has 1 unspecified atom stereocenters. The van der Waals surface area contributed by atoms with Gasteiger partial charge in [-0.05, 0) is 39.8 Å². The van der Waals surface area contributed by atoms with Gasteiger partial charge in [0.25, 0.3) is 0 Å². The molecule has 17 heavy (non-hydrogen) atoms. The van der Waals surface area contributed by atoms with E-state index >= 15 is 0 Å². The predicted octanol–water partition coefficient (Wildman–Crippen LogP) is 2.15. The molecule has 2 N–H and O–H groups in total. The van der Waals surface area contributed by atoms with Crippen LogP contribution in [0, 0.1) is 6.92 Å². The zero-order chi connectivity index (χ0) is 12.8. The first kappa shape index (κ1) is 13.8. The summed E-state index contributed by atoms with van der Waals surface area (Å²) in [5, 5.41) is 6.12. The molecule has 1 aromatic heterocycles. The fraction of sp³-hybridized carbons (Fsp3) is 0.615. The lowest BCUT2D eigenvalue weighted by Crippen LogP contribution is -2.33. The molecule has 0 aromatic carbocycles. The van der Waals surface area contributed by atoms with E-state index in [0.717, 1.165) is 11.5 Å². The van der Waals surface area contributed by atoms with E-state index in [0.29, 0.717) is 13.0 Å². The van der Waals surface area contributed by atoms with Crippen LogP contribution in [0.4, 0.5) is 0 Å². The molecule has 4 heteroatoms. The molecule has 1 amide bonds. The minimum Gasteiger partial charge on any atom is -0.465 e. The van der Waals surface area contributed by atoms with Gasteiger partial charge in [-0.1, -0.05) is 0 Å². The van der Waals surface area contributed by atoms with E-state index < -0.39 is 0 Å². The van der Waals surface area contributed by atoms with Crippen molar-refractivity contribution in [2.24, 2.45) is 0 Å². The SMILES string of the molecule is Cc1ccc(C(C)NCCC(=O)NC(C)C)o1. The molecule has 1 atom stereocenters. The van der Waals surface area contributed by atoms with Gasteiger partial charge in [0, 0.05) is 19.0 Å². The smallest absolute Gasteiger partial charge is 0.221 e. The highest BCUT2D eigenvalue weighted by Crippen LogP contribution is 2.15. The van der Waals surface area contributed by atoms with Crippen LogP contribution in [0.2, 0.25) is 0 Å². The Bertz CT molecular complexity index is 358. The van der Waals surface area contributed by atoms with Crippen molar-refractivity contribution in [2.75, 3.05) is 6.54 Å². The van der Waals surface area contributed by atoms with E-state index in [2.05, 4.69) is 10.6 Å². The maximum absolute atomic E-state index is 11.4. The molecule has 1 heterocycles. The van der Waals surface area contributed by atoms with Crippen molar-refractivity contribution in [2.45, 2.75) is 46.2 Å². The second-order valence-corrected chi connectivity index (χ2v) is 4.60. The lowest BCUT2D eigenvalue weighted by atomic mass is 10.2. The van der Waals surface area contributed by atoms with Gasteiger partial charge in [0.2, 0.25) is 5.91 Å². The fourth-order valence-electron chi connectivity index (χ4n) is 1.58. The summed E-state index contributed by atoms with van der Waals surface area (Å²) in [6.07, 6.45) is 0.488. The van der Waals surface area contributed by atoms with Crippen LogP contribution < -0.4 is 10.6 Å². The number of carbonyl (C=O) groups is 1. The van der Waals surface area contributed by atoms with Gasteiger partial charge in [-0.25, -0.2) is 0 Å². The summed E-state index contributed by atoms with van der Waals surface area (Å²) in [5.74, 6) is 1.90. The topological polar surface area (TPSA) is 54.3 Å². The van der Waals surface area contributed by atoms with Gasteiger partial charge in [-0.2, -0.15) is 0 Å². The molecule has 1 aromatic rings. The highest BCUT2D eigenvalue weighted by molar-refractivity contribution is 5.76. The largest absolute Gasteiger partial charge is 0.465 e. The van der Waals surface area contributed by atoms with Crippen LogP contribution in [0.5, 0.6) is 0 Å². The molecule has 0 radical (unpaired) electrons. The Hall–Kier alpha value is -1.29. The zero-order valence-electron chi connectivity index (χ0n) is 11.0. The van der Waals surface area contributed by atoms with E-state index in [1.807, 2.05) is 39.8 Å². The zero-order valence-corrected chi connectivity index (χ0v) is 11.0. The van der Waals surface area contributed by atoms with Crippen LogP contribution in [0.15, 0.2) is 16.5 Å². The first-order valence-electron chi connectivity index (χ1n) is 6.08. The molecule has 1 rings (SSSR count). The predicted molar refractivity (Wildman–Crippen MR) is 67.8 cm³/mol. The minimum absolute atomic E-state index is 0.0790. The van der Waals surface area contributed by atoms with Gasteiger partial charge in [0.05, 0.1) is 6.04 Å². The first-order chi connectivity index (χ1) is 7.99. The van der Waals surface area contributed by atoms with Crippen LogP contribution in [-0.4, -0.2) is 18.5 Å². The van der Waals surface area contributed by atoms with Crippen molar-refractivity contribution in [1.82, 2.24) is 10.6 Å². The molecule has 4 nitrogen and oxygen atoms in total. The lowest BCUT2D eigenvalue weighted by molar-refractivity contribution is -0.121. The van der Waals surface area contributed by atoms with E-state index in [-0.39, 0.29) is 18.0 Å². The van der Waals surface area contributed by atoms with Gasteiger partial charge >= 0.3 is 0 Å². The Morgan fingerprint density at radius 1 is 1.35 bits per heavy atom. The van der Waals surface area contributed by atoms with Gasteiger partial charge in [0.15, 0.2) is 0 Å². The average molecular weight is 238 g/mol. The number of rotatable bonds is 6. The highest BCUT2D eigenvalue weighted by atomic mass is 16.3. The minimum atomic E-state index is 0.0790. The highest BCUT2D eigenvalue weighted by Gasteiger charge is 2.09. The third-order valence-electron chi connectivity index (χ3n) is 2.44. The molecule has 0 aliphatic rings. The van der Waals surface area contributed by atoms with Gasteiger partial charge < -0.3 is 15.1 Å². The number of carbonyl (C=O) groups excluding carboxylic acids is 1. The maximum Gasteiger partial charge on any atom is 0.221 e. The number of nitrogens with one attached hydrogen (secondary N) is 2. The number of furan rings is 1. The van der Waals surface area contributed by atoms with Crippen molar-refractivity contribution in [3.63, 3.8) is 0 Å². The van der Waals surface area contributed by atoms with E-state index in [4.69, 9.17) is 4.42 Å². The van der Waals surface area contributed by atoms with Crippen LogP contribution in [0.3, 0.4) is 0 Å². The fourth-order valence-corrected chi connectivity index (χ4v) is 1.58. The second kappa shape index (κ2) is 6.45. The third-order valence-corrected chi connectivity index (χ3v) is 2.44. The van der Waals surface area contributed by atoms with Crippen LogP contribution in [0.1, 0.15) is 44.8 Å². The van der Waals surface area contributed by atoms with Crippen molar-refractivity contribution in [1.29, 1.82) is 0 Å². The normalized spacial score (nSPS) is 12.8. The van der Waals surface area contributed by atoms with E-state index in [9.17, 15) is 4.79 Å². The second-order valence-electron chi connectivity index (χ2n) is 4.60. The standard InChI is InChI=1S/C13H22N2O2/c1-9(2)15-13(16)7-8-14-11(4)12-6-5-10(3)17-12/h5-6,9,11,14H,7-8H2,1-4H3,(H,15,16). The van der Waals surface area contributed by atoms with Crippen molar-refractivity contribution >= 4 is 5.91 Å². The summed E-state index contributed by atoms with van der Waals surface area (Å²) in [6, 6.07) is 4.24. The molecule has 0 aliphatic heterocycles. The Morgan fingerprint density at radius 3 is 2.59 bits per heavy atom. The van der Waals surface area contributed by atoms with Gasteiger partial charge in [-0.15, -0.1) is 0 Å². The van der Waals surface area contributed by atoms with E-state index in [1.54, 1.807) is 0 Å². The molecular weight excluding hydrogens is 216 g/mol. The number of amides is 1. The summed E-state index contributed by atoms with van der Waals surface area (Å²) in [7, 11) is 0. The maximum atomic E-state index is 11.4. The average Bonchev–Trinajstić information content (AvgIpc) is 2.63. The lowest BCUT2D eigenvalue weighted by Gasteiger charge is -2.12. The quantitative estimate of drug-likeness (QED) is 0.798. The molecule has 0 spiro atoms. The Kier molecular flexibility index (Phi) is 5.22. The molecule has 0 saturated carbocycles. The van der Waals surface area contributed by atoms with Crippen molar-refractivity contribution < 1.29 is 9.21 Å². The Morgan fingerprint density at radius 2 is 2.06 bits per heavy atom. The summed E-state index contributed by atoms with van der Waals surface area (Å²) in [6.45, 7) is 8.52. The molecule has 0 bridgehead atoms. The molecule has 96 valence electrons. The number of hydrogen-bond acceptors (Lipinski definition) is 3. The van der Waals surface area contributed by atoms with Crippen molar-refractivity contribution in [3.05, 3.63) is 23.7 Å². The van der Waals surface area contributed by atoms with Crippen LogP contribution in [0.25, 0.3) is 0 Å². The van der Waals surface area contributed by atoms with Crippen LogP contribution >= 0.6 is 0 Å². The first-order valence-corrected chi connectivity index (χ1v) is 6.08. The summed E-state index contributed by atoms with van der Waals surface area (Å²) in [5.41, 5.74) is 0. The Balaban J connectivity index is 2.25. The molecule has 0 fully saturated rings. The number of hydrogen-bond donors (Lipinski definition) is 2. The van der Waals surface area contributed by atoms with E-state index in [1.165, 1.54) is 0 Å². The Labute approximate surface area is 103 Å². The summed E-state index contributed by atoms with van der Waals surface area (Å²) >= 11 is 0. The molecule has 0 saturated heterocycles. The number of aryl methyl sites for hydroxylation is 1.